The Labute approximate surface area is 132 Å². The molecule has 3 rings (SSSR count). The van der Waals surface area contributed by atoms with E-state index in [1.807, 2.05) is 12.1 Å². The van der Waals surface area contributed by atoms with Crippen molar-refractivity contribution in [1.82, 2.24) is 4.90 Å². The van der Waals surface area contributed by atoms with Crippen LogP contribution in [0.1, 0.15) is 34.8 Å². The minimum absolute atomic E-state index is 0.433. The van der Waals surface area contributed by atoms with E-state index >= 15 is 0 Å². The topological polar surface area (TPSA) is 23.5 Å². The lowest BCUT2D eigenvalue weighted by Gasteiger charge is -2.14. The number of hydrogen-bond donors (Lipinski definition) is 1. The third-order valence-corrected chi connectivity index (χ3v) is 4.26. The van der Waals surface area contributed by atoms with Gasteiger partial charge in [-0.2, -0.15) is 0 Å². The largest absolute Gasteiger partial charge is 0.388 e. The summed E-state index contributed by atoms with van der Waals surface area (Å²) in [4.78, 5) is 2.19. The summed E-state index contributed by atoms with van der Waals surface area (Å²) in [6, 6.07) is 16.7. The van der Waals surface area contributed by atoms with Crippen LogP contribution in [0.4, 0.5) is 0 Å². The second-order valence-corrected chi connectivity index (χ2v) is 6.17. The van der Waals surface area contributed by atoms with Crippen LogP contribution in [0.25, 0.3) is 5.57 Å². The van der Waals surface area contributed by atoms with E-state index in [2.05, 4.69) is 61.5 Å². The number of nitrogens with zero attached hydrogens (tertiary/aromatic N) is 1. The molecule has 2 aromatic carbocycles. The lowest BCUT2D eigenvalue weighted by atomic mass is 9.93. The van der Waals surface area contributed by atoms with Gasteiger partial charge in [0.1, 0.15) is 0 Å². The van der Waals surface area contributed by atoms with E-state index in [4.69, 9.17) is 0 Å². The predicted molar refractivity (Wildman–Crippen MR) is 91.8 cm³/mol. The zero-order valence-corrected chi connectivity index (χ0v) is 13.3. The normalized spacial score (nSPS) is 18.9. The second-order valence-electron chi connectivity index (χ2n) is 6.17. The van der Waals surface area contributed by atoms with E-state index < -0.39 is 6.10 Å². The molecule has 0 amide bonds. The Balaban J connectivity index is 2.11. The molecule has 2 heteroatoms. The maximum Gasteiger partial charge on any atom is 0.0836 e. The third-order valence-electron chi connectivity index (χ3n) is 4.26. The van der Waals surface area contributed by atoms with Gasteiger partial charge < -0.3 is 10.0 Å². The van der Waals surface area contributed by atoms with Crippen LogP contribution in [0, 0.1) is 0 Å². The molecule has 1 aliphatic rings. The summed E-state index contributed by atoms with van der Waals surface area (Å²) in [6.07, 6.45) is 3.56. The van der Waals surface area contributed by atoms with Gasteiger partial charge in [-0.25, -0.2) is 0 Å². The van der Waals surface area contributed by atoms with Crippen molar-refractivity contribution in [3.8, 4) is 0 Å². The molecule has 114 valence electrons. The quantitative estimate of drug-likeness (QED) is 0.933. The first-order chi connectivity index (χ1) is 10.7. The van der Waals surface area contributed by atoms with Crippen molar-refractivity contribution in [2.75, 3.05) is 20.6 Å². The minimum Gasteiger partial charge on any atom is -0.388 e. The molecule has 0 aliphatic heterocycles. The van der Waals surface area contributed by atoms with E-state index in [1.165, 1.54) is 22.3 Å². The number of benzene rings is 2. The van der Waals surface area contributed by atoms with Gasteiger partial charge in [0.15, 0.2) is 0 Å². The number of fused-ring (bicyclic) bond motifs is 2. The average molecular weight is 293 g/mol. The zero-order valence-electron chi connectivity index (χ0n) is 13.3. The van der Waals surface area contributed by atoms with E-state index in [1.54, 1.807) is 0 Å². The van der Waals surface area contributed by atoms with E-state index in [0.29, 0.717) is 6.42 Å². The molecule has 0 fully saturated rings. The van der Waals surface area contributed by atoms with Crippen LogP contribution in [-0.4, -0.2) is 30.6 Å². The van der Waals surface area contributed by atoms with E-state index in [-0.39, 0.29) is 0 Å². The number of hydrogen-bond acceptors (Lipinski definition) is 2. The molecule has 1 N–H and O–H groups in total. The van der Waals surface area contributed by atoms with Crippen molar-refractivity contribution in [2.24, 2.45) is 0 Å². The summed E-state index contributed by atoms with van der Waals surface area (Å²) in [6.45, 7) is 1.02. The van der Waals surface area contributed by atoms with Gasteiger partial charge in [0.05, 0.1) is 6.10 Å². The van der Waals surface area contributed by atoms with Gasteiger partial charge in [0.25, 0.3) is 0 Å². The molecule has 0 bridgehead atoms. The molecule has 0 unspecified atom stereocenters. The maximum atomic E-state index is 10.6. The first-order valence-corrected chi connectivity index (χ1v) is 7.87. The maximum absolute atomic E-state index is 10.6. The minimum atomic E-state index is -0.433. The van der Waals surface area contributed by atoms with Crippen LogP contribution < -0.4 is 0 Å². The summed E-state index contributed by atoms with van der Waals surface area (Å²) in [5, 5.41) is 10.6. The number of rotatable bonds is 3. The Morgan fingerprint density at radius 1 is 1.05 bits per heavy atom. The standard InChI is InChI=1S/C20H23NO/c1-21(2)13-7-12-17-16-9-4-3-8-15(16)14-20(22)19-11-6-5-10-18(17)19/h3-6,8-12,20,22H,7,13-14H2,1-2H3/b17-12-/t20-/m1/s1. The molecule has 0 saturated carbocycles. The average Bonchev–Trinajstić information content (AvgIpc) is 2.63. The highest BCUT2D eigenvalue weighted by atomic mass is 16.3. The highest BCUT2D eigenvalue weighted by Crippen LogP contribution is 2.37. The van der Waals surface area contributed by atoms with Crippen molar-refractivity contribution in [2.45, 2.75) is 18.9 Å². The van der Waals surface area contributed by atoms with Gasteiger partial charge in [-0.3, -0.25) is 0 Å². The molecular weight excluding hydrogens is 270 g/mol. The monoisotopic (exact) mass is 293 g/mol. The van der Waals surface area contributed by atoms with Gasteiger partial charge in [-0.15, -0.1) is 0 Å². The van der Waals surface area contributed by atoms with Crippen LogP contribution in [0.2, 0.25) is 0 Å². The lowest BCUT2D eigenvalue weighted by molar-refractivity contribution is 0.179. The molecule has 0 saturated heterocycles. The SMILES string of the molecule is CN(C)CC/C=C1/c2ccccc2C[C@@H](O)c2ccccc21. The van der Waals surface area contributed by atoms with Gasteiger partial charge in [0, 0.05) is 13.0 Å². The van der Waals surface area contributed by atoms with Crippen molar-refractivity contribution in [3.63, 3.8) is 0 Å². The van der Waals surface area contributed by atoms with Gasteiger partial charge in [-0.05, 0) is 48.3 Å². The summed E-state index contributed by atoms with van der Waals surface area (Å²) < 4.78 is 0. The highest BCUT2D eigenvalue weighted by Gasteiger charge is 2.22. The molecule has 1 aliphatic carbocycles. The molecule has 22 heavy (non-hydrogen) atoms. The highest BCUT2D eigenvalue weighted by molar-refractivity contribution is 5.84. The molecule has 0 heterocycles. The number of aliphatic hydroxyl groups excluding tert-OH is 1. The smallest absolute Gasteiger partial charge is 0.0836 e. The molecular formula is C20H23NO. The molecule has 1 atom stereocenters. The van der Waals surface area contributed by atoms with Crippen molar-refractivity contribution in [1.29, 1.82) is 0 Å². The molecule has 0 aromatic heterocycles. The van der Waals surface area contributed by atoms with Crippen LogP contribution in [0.3, 0.4) is 0 Å². The molecule has 2 aromatic rings. The summed E-state index contributed by atoms with van der Waals surface area (Å²) in [5.41, 5.74) is 5.94. The predicted octanol–water partition coefficient (Wildman–Crippen LogP) is 3.66. The number of aliphatic hydroxyl groups is 1. The lowest BCUT2D eigenvalue weighted by Crippen LogP contribution is -2.12. The Morgan fingerprint density at radius 3 is 2.50 bits per heavy atom. The van der Waals surface area contributed by atoms with Gasteiger partial charge >= 0.3 is 0 Å². The second kappa shape index (κ2) is 6.47. The molecule has 2 nitrogen and oxygen atoms in total. The van der Waals surface area contributed by atoms with E-state index in [9.17, 15) is 5.11 Å². The van der Waals surface area contributed by atoms with Gasteiger partial charge in [-0.1, -0.05) is 54.6 Å². The van der Waals surface area contributed by atoms with Crippen molar-refractivity contribution in [3.05, 3.63) is 76.9 Å². The zero-order chi connectivity index (χ0) is 15.5. The summed E-state index contributed by atoms with van der Waals surface area (Å²) in [5.74, 6) is 0. The fourth-order valence-corrected chi connectivity index (χ4v) is 3.14. The van der Waals surface area contributed by atoms with Crippen LogP contribution in [0.15, 0.2) is 54.6 Å². The Bertz CT molecular complexity index is 688. The Hall–Kier alpha value is -1.90. The Kier molecular flexibility index (Phi) is 4.41. The van der Waals surface area contributed by atoms with Crippen molar-refractivity contribution < 1.29 is 5.11 Å². The fourth-order valence-electron chi connectivity index (χ4n) is 3.14. The molecule has 0 radical (unpaired) electrons. The summed E-state index contributed by atoms with van der Waals surface area (Å²) in [7, 11) is 4.19. The Morgan fingerprint density at radius 2 is 1.73 bits per heavy atom. The van der Waals surface area contributed by atoms with E-state index in [0.717, 1.165) is 18.5 Å². The van der Waals surface area contributed by atoms with Crippen LogP contribution in [0.5, 0.6) is 0 Å². The summed E-state index contributed by atoms with van der Waals surface area (Å²) >= 11 is 0. The molecule has 0 spiro atoms. The van der Waals surface area contributed by atoms with Crippen LogP contribution in [-0.2, 0) is 6.42 Å². The fraction of sp³-hybridized carbons (Fsp3) is 0.300. The van der Waals surface area contributed by atoms with Crippen LogP contribution >= 0.6 is 0 Å². The first kappa shape index (κ1) is 15.0. The van der Waals surface area contributed by atoms with Crippen molar-refractivity contribution >= 4 is 5.57 Å². The van der Waals surface area contributed by atoms with Gasteiger partial charge in [0.2, 0.25) is 0 Å². The third kappa shape index (κ3) is 2.99. The first-order valence-electron chi connectivity index (χ1n) is 7.87.